The van der Waals surface area contributed by atoms with Crippen molar-refractivity contribution in [2.45, 2.75) is 107 Å². The molecule has 0 spiro atoms. The van der Waals surface area contributed by atoms with Gasteiger partial charge < -0.3 is 37.1 Å². The molecule has 2 saturated heterocycles. The Labute approximate surface area is 228 Å². The van der Waals surface area contributed by atoms with Gasteiger partial charge in [0.25, 0.3) is 0 Å². The van der Waals surface area contributed by atoms with Crippen molar-refractivity contribution in [3.8, 4) is 12.0 Å². The summed E-state index contributed by atoms with van der Waals surface area (Å²) < 4.78 is 6.55. The minimum Gasteiger partial charge on any atom is -0.373 e. The Bertz CT molecular complexity index is 840. The molecule has 0 aromatic heterocycles. The van der Waals surface area contributed by atoms with E-state index in [0.29, 0.717) is 6.54 Å². The molecule has 1 saturated carbocycles. The quantitative estimate of drug-likeness (QED) is 0.173. The molecule has 3 heterocycles. The molecule has 7 N–H and O–H groups in total. The molecule has 3 fully saturated rings. The fourth-order valence-corrected chi connectivity index (χ4v) is 7.47. The lowest BCUT2D eigenvalue weighted by atomic mass is 9.78. The van der Waals surface area contributed by atoms with Crippen LogP contribution in [0.15, 0.2) is 0 Å². The number of hydrogen-bond acceptors (Lipinski definition) is 7. The second kappa shape index (κ2) is 12.4. The summed E-state index contributed by atoms with van der Waals surface area (Å²) in [4.78, 5) is 16.2. The van der Waals surface area contributed by atoms with E-state index in [4.69, 9.17) is 27.8 Å². The lowest BCUT2D eigenvalue weighted by molar-refractivity contribution is -0.130. The van der Waals surface area contributed by atoms with E-state index in [-0.39, 0.29) is 46.4 Å². The molecule has 4 aliphatic rings. The smallest absolute Gasteiger partial charge is 0.228 e. The zero-order valence-electron chi connectivity index (χ0n) is 23.0. The number of piperidine rings is 2. The van der Waals surface area contributed by atoms with E-state index in [1.165, 1.54) is 0 Å². The van der Waals surface area contributed by atoms with Gasteiger partial charge in [0.15, 0.2) is 0 Å². The van der Waals surface area contributed by atoms with E-state index >= 15 is 0 Å². The van der Waals surface area contributed by atoms with Crippen LogP contribution in [0.4, 0.5) is 0 Å². The Balaban J connectivity index is 1.47. The van der Waals surface area contributed by atoms with Gasteiger partial charge in [-0.3, -0.25) is 4.79 Å². The summed E-state index contributed by atoms with van der Waals surface area (Å²) in [6.07, 6.45) is 8.58. The van der Waals surface area contributed by atoms with Crippen LogP contribution >= 0.6 is 11.6 Å². The van der Waals surface area contributed by atoms with Gasteiger partial charge in [-0.1, -0.05) is 32.6 Å². The summed E-state index contributed by atoms with van der Waals surface area (Å²) in [5, 5.41) is 9.84. The Morgan fingerprint density at radius 1 is 1.27 bits per heavy atom. The summed E-state index contributed by atoms with van der Waals surface area (Å²) in [6.45, 7) is 8.22. The van der Waals surface area contributed by atoms with Gasteiger partial charge in [0.1, 0.15) is 0 Å². The van der Waals surface area contributed by atoms with Crippen molar-refractivity contribution in [3.05, 3.63) is 0 Å². The summed E-state index contributed by atoms with van der Waals surface area (Å²) in [5.41, 5.74) is 12.9. The molecule has 8 nitrogen and oxygen atoms in total. The Kier molecular flexibility index (Phi) is 9.69. The van der Waals surface area contributed by atoms with Crippen LogP contribution in [0, 0.1) is 28.7 Å². The number of fused-ring (bicyclic) bond motifs is 1. The topological polar surface area (TPSA) is 118 Å². The average molecular weight is 537 g/mol. The molecular formula is C28H49ClN6O2. The number of rotatable bonds is 9. The number of amides is 1. The van der Waals surface area contributed by atoms with Crippen LogP contribution in [0.1, 0.15) is 71.6 Å². The highest BCUT2D eigenvalue weighted by atomic mass is 35.5. The molecule has 0 aromatic rings. The fraction of sp³-hybridized carbons (Fsp3) is 0.893. The van der Waals surface area contributed by atoms with E-state index in [9.17, 15) is 4.79 Å². The van der Waals surface area contributed by atoms with E-state index in [1.54, 1.807) is 0 Å². The normalized spacial score (nSPS) is 37.7. The molecule has 0 bridgehead atoms. The fourth-order valence-electron chi connectivity index (χ4n) is 7.08. The van der Waals surface area contributed by atoms with Crippen molar-refractivity contribution in [2.24, 2.45) is 28.2 Å². The number of unbranched alkanes of at least 4 members (excludes halogenated alkanes) is 1. The van der Waals surface area contributed by atoms with Crippen molar-refractivity contribution in [1.82, 2.24) is 20.9 Å². The van der Waals surface area contributed by atoms with Crippen LogP contribution in [0.3, 0.4) is 0 Å². The monoisotopic (exact) mass is 536 g/mol. The van der Waals surface area contributed by atoms with Crippen molar-refractivity contribution in [2.75, 3.05) is 33.2 Å². The zero-order valence-corrected chi connectivity index (χ0v) is 23.8. The van der Waals surface area contributed by atoms with Gasteiger partial charge in [-0.05, 0) is 69.4 Å². The van der Waals surface area contributed by atoms with Crippen LogP contribution < -0.4 is 27.4 Å². The van der Waals surface area contributed by atoms with Gasteiger partial charge in [0.2, 0.25) is 5.91 Å². The first-order chi connectivity index (χ1) is 17.7. The molecule has 1 aliphatic carbocycles. The molecule has 4 rings (SSSR count). The predicted octanol–water partition coefficient (Wildman–Crippen LogP) is 1.71. The molecule has 7 unspecified atom stereocenters. The molecular weight excluding hydrogens is 488 g/mol. The number of hydrogen-bond donors (Lipinski definition) is 5. The predicted molar refractivity (Wildman–Crippen MR) is 149 cm³/mol. The minimum atomic E-state index is -0.801. The molecule has 0 radical (unpaired) electrons. The highest BCUT2D eigenvalue weighted by Gasteiger charge is 2.64. The first-order valence-corrected chi connectivity index (χ1v) is 14.9. The molecule has 9 heteroatoms. The molecule has 7 atom stereocenters. The van der Waals surface area contributed by atoms with Gasteiger partial charge in [-0.2, -0.15) is 0 Å². The Hall–Kier alpha value is -1.08. The summed E-state index contributed by atoms with van der Waals surface area (Å²) in [7, 11) is 2.15. The lowest BCUT2D eigenvalue weighted by Crippen LogP contribution is -2.61. The maximum atomic E-state index is 13.8. The van der Waals surface area contributed by atoms with Gasteiger partial charge >= 0.3 is 0 Å². The number of carbonyl (C=O) groups is 1. The number of nitrogens with two attached hydrogens (primary N) is 2. The van der Waals surface area contributed by atoms with Crippen LogP contribution in [0.25, 0.3) is 0 Å². The van der Waals surface area contributed by atoms with Crippen molar-refractivity contribution >= 4 is 17.5 Å². The second-order valence-corrected chi connectivity index (χ2v) is 12.9. The van der Waals surface area contributed by atoms with Gasteiger partial charge in [-0.25, -0.2) is 0 Å². The number of carbonyl (C=O) groups excluding carboxylic acids is 1. The third-order valence-electron chi connectivity index (χ3n) is 9.55. The second-order valence-electron chi connectivity index (χ2n) is 12.4. The summed E-state index contributed by atoms with van der Waals surface area (Å²) >= 11 is 6.59. The number of halogens is 1. The van der Waals surface area contributed by atoms with Crippen LogP contribution in [0.2, 0.25) is 0 Å². The van der Waals surface area contributed by atoms with Crippen LogP contribution in [-0.4, -0.2) is 79.9 Å². The van der Waals surface area contributed by atoms with E-state index in [0.717, 1.165) is 77.4 Å². The number of nitrogens with one attached hydrogen (secondary N) is 3. The van der Waals surface area contributed by atoms with Crippen molar-refractivity contribution in [3.63, 3.8) is 0 Å². The molecule has 210 valence electrons. The van der Waals surface area contributed by atoms with Crippen molar-refractivity contribution in [1.29, 1.82) is 0 Å². The molecule has 0 aromatic carbocycles. The Morgan fingerprint density at radius 2 is 2.03 bits per heavy atom. The number of ether oxygens (including phenoxy) is 1. The highest BCUT2D eigenvalue weighted by Crippen LogP contribution is 2.71. The van der Waals surface area contributed by atoms with Crippen LogP contribution in [-0.2, 0) is 9.53 Å². The third kappa shape index (κ3) is 6.93. The van der Waals surface area contributed by atoms with Crippen molar-refractivity contribution < 1.29 is 9.53 Å². The lowest BCUT2D eigenvalue weighted by Gasteiger charge is -2.39. The maximum absolute atomic E-state index is 13.8. The van der Waals surface area contributed by atoms with Crippen LogP contribution in [0.5, 0.6) is 0 Å². The first kappa shape index (κ1) is 28.9. The Morgan fingerprint density at radius 3 is 2.73 bits per heavy atom. The summed E-state index contributed by atoms with van der Waals surface area (Å²) in [6, 6.07) is 2.70. The molecule has 3 aliphatic heterocycles. The number of nitrogens with zero attached hydrogens (tertiary/aromatic N) is 1. The third-order valence-corrected chi connectivity index (χ3v) is 9.81. The SMILES string of the molecule is CCCCC12CC(C(C(=O)NC3CNCCC3OC3CCN(C)CC3)C(N)N)NC#CC(Cl)CC1(C)C2. The van der Waals surface area contributed by atoms with E-state index in [1.807, 2.05) is 0 Å². The largest absolute Gasteiger partial charge is 0.373 e. The highest BCUT2D eigenvalue weighted by molar-refractivity contribution is 6.22. The molecule has 1 amide bonds. The summed E-state index contributed by atoms with van der Waals surface area (Å²) in [5.74, 6) is 2.42. The van der Waals surface area contributed by atoms with Gasteiger partial charge in [0, 0.05) is 31.7 Å². The van der Waals surface area contributed by atoms with E-state index < -0.39 is 12.1 Å². The standard InChI is InChI=1S/C28H49ClN6O2/c1-4-5-10-28-16-21(33-12-6-19(29)15-27(28,2)18-28)24(25(30)31)26(36)34-22-17-32-11-7-23(22)37-20-8-13-35(3)14-9-20/h19-25,32-33H,4-5,7-11,13-18,30-31H2,1-3H3,(H,34,36). The zero-order chi connectivity index (χ0) is 26.6. The minimum absolute atomic E-state index is 0.0128. The number of likely N-dealkylation sites (tertiary alicyclic amines) is 1. The van der Waals surface area contributed by atoms with Gasteiger partial charge in [-0.15, -0.1) is 11.6 Å². The maximum Gasteiger partial charge on any atom is 0.228 e. The first-order valence-electron chi connectivity index (χ1n) is 14.4. The number of alkyl halides is 1. The van der Waals surface area contributed by atoms with E-state index in [2.05, 4.69) is 53.7 Å². The average Bonchev–Trinajstić information content (AvgIpc) is 3.40. The van der Waals surface area contributed by atoms with Gasteiger partial charge in [0.05, 0.1) is 35.7 Å². The molecule has 37 heavy (non-hydrogen) atoms.